The minimum atomic E-state index is 0.163. The molecule has 1 saturated heterocycles. The second-order valence-corrected chi connectivity index (χ2v) is 9.58. The zero-order valence-corrected chi connectivity index (χ0v) is 19.0. The van der Waals surface area contributed by atoms with Crippen LogP contribution in [0.4, 0.5) is 5.82 Å². The van der Waals surface area contributed by atoms with Crippen LogP contribution in [0.25, 0.3) is 11.2 Å². The fourth-order valence-electron chi connectivity index (χ4n) is 4.59. The molecule has 0 spiro atoms. The van der Waals surface area contributed by atoms with E-state index in [-0.39, 0.29) is 17.7 Å². The van der Waals surface area contributed by atoms with Gasteiger partial charge < -0.3 is 19.7 Å². The molecule has 2 aromatic heterocycles. The van der Waals surface area contributed by atoms with Crippen LogP contribution in [0.2, 0.25) is 0 Å². The standard InChI is InChI=1S/C25H25N5O2S/c31-18-7-5-16(6-8-18)9-11-26-24-22-25(30(15-27-22)17-10-12-32-13-17)29-23(28-24)20-14-33-21-4-2-1-3-19(20)21/h1-8,15,17,20,31H,9-14H2,(H,26,28,29)/t17-,20?/m0/s1. The molecule has 4 heterocycles. The number of aromatic hydroxyl groups is 1. The van der Waals surface area contributed by atoms with Crippen LogP contribution in [-0.4, -0.2) is 50.1 Å². The van der Waals surface area contributed by atoms with Gasteiger partial charge in [0, 0.05) is 23.8 Å². The molecule has 33 heavy (non-hydrogen) atoms. The molecular formula is C25H25N5O2S. The lowest BCUT2D eigenvalue weighted by molar-refractivity contribution is 0.187. The minimum Gasteiger partial charge on any atom is -0.508 e. The number of hydrogen-bond donors (Lipinski definition) is 2. The Balaban J connectivity index is 1.35. The average Bonchev–Trinajstić information content (AvgIpc) is 3.59. The fraction of sp³-hybridized carbons (Fsp3) is 0.320. The van der Waals surface area contributed by atoms with Gasteiger partial charge >= 0.3 is 0 Å². The summed E-state index contributed by atoms with van der Waals surface area (Å²) in [6, 6.07) is 16.1. The zero-order chi connectivity index (χ0) is 22.2. The monoisotopic (exact) mass is 459 g/mol. The van der Waals surface area contributed by atoms with Crippen molar-refractivity contribution in [2.75, 3.05) is 30.8 Å². The molecule has 1 unspecified atom stereocenters. The summed E-state index contributed by atoms with van der Waals surface area (Å²) in [6.07, 6.45) is 3.67. The van der Waals surface area contributed by atoms with E-state index in [1.54, 1.807) is 12.1 Å². The first kappa shape index (κ1) is 20.5. The first-order valence-corrected chi connectivity index (χ1v) is 12.3. The maximum Gasteiger partial charge on any atom is 0.166 e. The Morgan fingerprint density at radius 3 is 2.85 bits per heavy atom. The number of phenolic OH excluding ortho intramolecular Hbond substituents is 1. The van der Waals surface area contributed by atoms with Crippen molar-refractivity contribution in [2.24, 2.45) is 0 Å². The lowest BCUT2D eigenvalue weighted by Crippen LogP contribution is -2.14. The van der Waals surface area contributed by atoms with Gasteiger partial charge in [0.2, 0.25) is 0 Å². The molecule has 2 aliphatic rings. The third kappa shape index (κ3) is 3.94. The van der Waals surface area contributed by atoms with Gasteiger partial charge in [-0.3, -0.25) is 0 Å². The summed E-state index contributed by atoms with van der Waals surface area (Å²) in [4.78, 5) is 16.0. The van der Waals surface area contributed by atoms with E-state index in [1.165, 1.54) is 10.5 Å². The lowest BCUT2D eigenvalue weighted by atomic mass is 10.0. The molecule has 2 aliphatic heterocycles. The highest BCUT2D eigenvalue weighted by atomic mass is 32.2. The number of fused-ring (bicyclic) bond motifs is 2. The highest BCUT2D eigenvalue weighted by Crippen LogP contribution is 2.42. The Bertz CT molecular complexity index is 1280. The molecule has 168 valence electrons. The first-order valence-electron chi connectivity index (χ1n) is 11.3. The third-order valence-corrected chi connectivity index (χ3v) is 7.57. The van der Waals surface area contributed by atoms with E-state index in [4.69, 9.17) is 19.7 Å². The highest BCUT2D eigenvalue weighted by molar-refractivity contribution is 7.99. The van der Waals surface area contributed by atoms with Crippen LogP contribution in [0.5, 0.6) is 5.75 Å². The van der Waals surface area contributed by atoms with Crippen LogP contribution >= 0.6 is 11.8 Å². The Labute approximate surface area is 196 Å². The van der Waals surface area contributed by atoms with Gasteiger partial charge in [0.1, 0.15) is 17.1 Å². The number of imidazole rings is 1. The third-order valence-electron chi connectivity index (χ3n) is 6.39. The molecular weight excluding hydrogens is 434 g/mol. The normalized spacial score (nSPS) is 19.8. The van der Waals surface area contributed by atoms with Gasteiger partial charge in [0.05, 0.1) is 24.9 Å². The molecule has 8 heteroatoms. The number of anilines is 1. The lowest BCUT2D eigenvalue weighted by Gasteiger charge is -2.15. The summed E-state index contributed by atoms with van der Waals surface area (Å²) < 4.78 is 7.79. The number of thioether (sulfide) groups is 1. The molecule has 2 atom stereocenters. The van der Waals surface area contributed by atoms with Crippen LogP contribution in [0, 0.1) is 0 Å². The van der Waals surface area contributed by atoms with Gasteiger partial charge in [-0.15, -0.1) is 11.8 Å². The number of rotatable bonds is 6. The Hall–Kier alpha value is -3.10. The van der Waals surface area contributed by atoms with E-state index in [2.05, 4.69) is 34.1 Å². The molecule has 2 aromatic carbocycles. The average molecular weight is 460 g/mol. The van der Waals surface area contributed by atoms with Crippen molar-refractivity contribution in [3.8, 4) is 5.75 Å². The van der Waals surface area contributed by atoms with Crippen molar-refractivity contribution < 1.29 is 9.84 Å². The largest absolute Gasteiger partial charge is 0.508 e. The predicted octanol–water partition coefficient (Wildman–Crippen LogP) is 4.39. The van der Waals surface area contributed by atoms with Crippen LogP contribution < -0.4 is 5.32 Å². The summed E-state index contributed by atoms with van der Waals surface area (Å²) >= 11 is 1.87. The highest BCUT2D eigenvalue weighted by Gasteiger charge is 2.29. The summed E-state index contributed by atoms with van der Waals surface area (Å²) in [6.45, 7) is 2.18. The van der Waals surface area contributed by atoms with Gasteiger partial charge in [0.25, 0.3) is 0 Å². The Morgan fingerprint density at radius 1 is 1.12 bits per heavy atom. The minimum absolute atomic E-state index is 0.163. The van der Waals surface area contributed by atoms with Crippen molar-refractivity contribution >= 4 is 28.7 Å². The van der Waals surface area contributed by atoms with Gasteiger partial charge in [0.15, 0.2) is 11.5 Å². The van der Waals surface area contributed by atoms with Gasteiger partial charge in [-0.2, -0.15) is 0 Å². The Kier molecular flexibility index (Phi) is 5.39. The predicted molar refractivity (Wildman–Crippen MR) is 129 cm³/mol. The number of ether oxygens (including phenoxy) is 1. The molecule has 0 radical (unpaired) electrons. The second-order valence-electron chi connectivity index (χ2n) is 8.52. The molecule has 1 fully saturated rings. The van der Waals surface area contributed by atoms with Crippen LogP contribution in [-0.2, 0) is 11.2 Å². The van der Waals surface area contributed by atoms with Gasteiger partial charge in [-0.25, -0.2) is 15.0 Å². The van der Waals surface area contributed by atoms with Crippen molar-refractivity contribution in [2.45, 2.75) is 29.7 Å². The first-order chi connectivity index (χ1) is 16.3. The number of nitrogens with zero attached hydrogens (tertiary/aromatic N) is 4. The SMILES string of the molecule is Oc1ccc(CCNc2nc(C3CSc4ccccc43)nc3c2ncn3[C@H]2CCOC2)cc1. The van der Waals surface area contributed by atoms with Crippen LogP contribution in [0.1, 0.15) is 35.3 Å². The smallest absolute Gasteiger partial charge is 0.166 e. The van der Waals surface area contributed by atoms with Gasteiger partial charge in [-0.1, -0.05) is 30.3 Å². The van der Waals surface area contributed by atoms with Crippen molar-refractivity contribution in [3.63, 3.8) is 0 Å². The van der Waals surface area contributed by atoms with Crippen LogP contribution in [0.3, 0.4) is 0 Å². The van der Waals surface area contributed by atoms with E-state index in [9.17, 15) is 5.11 Å². The summed E-state index contributed by atoms with van der Waals surface area (Å²) in [5.74, 6) is 3.01. The molecule has 2 N–H and O–H groups in total. The molecule has 4 aromatic rings. The Morgan fingerprint density at radius 2 is 2.00 bits per heavy atom. The molecule has 0 amide bonds. The van der Waals surface area contributed by atoms with E-state index < -0.39 is 0 Å². The number of benzene rings is 2. The second kappa shape index (κ2) is 8.68. The zero-order valence-electron chi connectivity index (χ0n) is 18.1. The van der Waals surface area contributed by atoms with E-state index in [0.29, 0.717) is 13.2 Å². The van der Waals surface area contributed by atoms with Crippen molar-refractivity contribution in [1.82, 2.24) is 19.5 Å². The fourth-order valence-corrected chi connectivity index (χ4v) is 5.81. The molecule has 0 saturated carbocycles. The van der Waals surface area contributed by atoms with E-state index in [0.717, 1.165) is 53.6 Å². The molecule has 0 aliphatic carbocycles. The number of hydrogen-bond acceptors (Lipinski definition) is 7. The molecule has 7 nitrogen and oxygen atoms in total. The van der Waals surface area contributed by atoms with Crippen LogP contribution in [0.15, 0.2) is 59.8 Å². The van der Waals surface area contributed by atoms with Crippen molar-refractivity contribution in [3.05, 3.63) is 71.8 Å². The number of nitrogens with one attached hydrogen (secondary N) is 1. The van der Waals surface area contributed by atoms with Crippen molar-refractivity contribution in [1.29, 1.82) is 0 Å². The maximum atomic E-state index is 9.52. The number of aromatic nitrogens is 4. The molecule has 0 bridgehead atoms. The van der Waals surface area contributed by atoms with E-state index in [1.807, 2.05) is 30.2 Å². The summed E-state index contributed by atoms with van der Waals surface area (Å²) in [5, 5.41) is 13.0. The summed E-state index contributed by atoms with van der Waals surface area (Å²) in [5.41, 5.74) is 4.13. The molecule has 6 rings (SSSR count). The number of phenols is 1. The quantitative estimate of drug-likeness (QED) is 0.442. The maximum absolute atomic E-state index is 9.52. The van der Waals surface area contributed by atoms with Gasteiger partial charge in [-0.05, 0) is 42.2 Å². The topological polar surface area (TPSA) is 85.1 Å². The summed E-state index contributed by atoms with van der Waals surface area (Å²) in [7, 11) is 0. The van der Waals surface area contributed by atoms with E-state index >= 15 is 0 Å².